The Morgan fingerprint density at radius 2 is 1.87 bits per heavy atom. The van der Waals surface area contributed by atoms with Crippen molar-refractivity contribution >= 4 is 33.2 Å². The summed E-state index contributed by atoms with van der Waals surface area (Å²) in [6.45, 7) is 3.63. The first-order valence-corrected chi connectivity index (χ1v) is 11.0. The average Bonchev–Trinajstić information content (AvgIpc) is 3.44. The molecule has 3 aromatic rings. The molecule has 2 aliphatic heterocycles. The minimum atomic E-state index is -0.105. The van der Waals surface area contributed by atoms with Gasteiger partial charge >= 0.3 is 0 Å². The maximum atomic E-state index is 13.4. The second-order valence-corrected chi connectivity index (χ2v) is 8.63. The first kappa shape index (κ1) is 19.1. The number of aromatic nitrogens is 2. The van der Waals surface area contributed by atoms with Gasteiger partial charge in [-0.2, -0.15) is 0 Å². The van der Waals surface area contributed by atoms with E-state index in [-0.39, 0.29) is 17.7 Å². The molecule has 30 heavy (non-hydrogen) atoms. The van der Waals surface area contributed by atoms with E-state index in [4.69, 9.17) is 4.74 Å². The van der Waals surface area contributed by atoms with Crippen LogP contribution in [0, 0.1) is 0 Å². The first-order valence-electron chi connectivity index (χ1n) is 10.2. The highest BCUT2D eigenvalue weighted by atomic mass is 32.1. The minimum absolute atomic E-state index is 0.0770. The van der Waals surface area contributed by atoms with E-state index in [1.54, 1.807) is 17.5 Å². The number of thiophene rings is 1. The zero-order chi connectivity index (χ0) is 20.5. The van der Waals surface area contributed by atoms with E-state index < -0.39 is 0 Å². The SMILES string of the molecule is O=C(c1cnccn1)N1CC[C@H](c2c(C(=O)N3CCOCC3)sc3ccccc23)C1. The fourth-order valence-electron chi connectivity index (χ4n) is 4.29. The molecule has 2 fully saturated rings. The average molecular weight is 423 g/mol. The summed E-state index contributed by atoms with van der Waals surface area (Å²) in [5.74, 6) is 0.0983. The van der Waals surface area contributed by atoms with E-state index in [0.717, 1.165) is 26.9 Å². The van der Waals surface area contributed by atoms with Crippen LogP contribution in [0.15, 0.2) is 42.9 Å². The molecule has 0 aliphatic carbocycles. The van der Waals surface area contributed by atoms with Gasteiger partial charge in [-0.15, -0.1) is 11.3 Å². The quantitative estimate of drug-likeness (QED) is 0.649. The minimum Gasteiger partial charge on any atom is -0.378 e. The molecule has 5 rings (SSSR count). The van der Waals surface area contributed by atoms with Crippen LogP contribution in [0.25, 0.3) is 10.1 Å². The molecular weight excluding hydrogens is 400 g/mol. The third kappa shape index (κ3) is 3.46. The van der Waals surface area contributed by atoms with Crippen molar-refractivity contribution < 1.29 is 14.3 Å². The number of benzene rings is 1. The number of amides is 2. The standard InChI is InChI=1S/C22H22N4O3S/c27-21(17-13-23-6-7-24-17)26-8-5-15(14-26)19-16-3-1-2-4-18(16)30-20(19)22(28)25-9-11-29-12-10-25/h1-4,6-7,13,15H,5,8-12,14H2/t15-/m0/s1. The van der Waals surface area contributed by atoms with Gasteiger partial charge < -0.3 is 14.5 Å². The number of hydrogen-bond donors (Lipinski definition) is 0. The number of ether oxygens (including phenoxy) is 1. The van der Waals surface area contributed by atoms with E-state index in [1.807, 2.05) is 21.9 Å². The molecule has 154 valence electrons. The van der Waals surface area contributed by atoms with Gasteiger partial charge in [-0.05, 0) is 23.4 Å². The maximum Gasteiger partial charge on any atom is 0.274 e. The summed E-state index contributed by atoms with van der Waals surface area (Å²) in [6.07, 6.45) is 5.43. The highest BCUT2D eigenvalue weighted by Crippen LogP contribution is 2.41. The van der Waals surface area contributed by atoms with Crippen molar-refractivity contribution in [3.8, 4) is 0 Å². The zero-order valence-corrected chi connectivity index (χ0v) is 17.3. The number of rotatable bonds is 3. The molecule has 0 unspecified atom stereocenters. The number of nitrogens with zero attached hydrogens (tertiary/aromatic N) is 4. The molecule has 2 aromatic heterocycles. The Labute approximate surface area is 178 Å². The van der Waals surface area contributed by atoms with Crippen LogP contribution in [0.3, 0.4) is 0 Å². The zero-order valence-electron chi connectivity index (χ0n) is 16.5. The molecular formula is C22H22N4O3S. The molecule has 4 heterocycles. The van der Waals surface area contributed by atoms with E-state index in [2.05, 4.69) is 22.1 Å². The number of carbonyl (C=O) groups is 2. The van der Waals surface area contributed by atoms with Crippen LogP contribution in [-0.4, -0.2) is 71.0 Å². The van der Waals surface area contributed by atoms with E-state index in [1.165, 1.54) is 12.4 Å². The number of fused-ring (bicyclic) bond motifs is 1. The molecule has 0 spiro atoms. The van der Waals surface area contributed by atoms with Gasteiger partial charge in [-0.25, -0.2) is 4.98 Å². The van der Waals surface area contributed by atoms with Crippen molar-refractivity contribution in [1.29, 1.82) is 0 Å². The number of likely N-dealkylation sites (tertiary alicyclic amines) is 1. The van der Waals surface area contributed by atoms with Crippen LogP contribution in [0.2, 0.25) is 0 Å². The second kappa shape index (κ2) is 8.12. The van der Waals surface area contributed by atoms with Crippen LogP contribution in [0.5, 0.6) is 0 Å². The fraction of sp³-hybridized carbons (Fsp3) is 0.364. The first-order chi connectivity index (χ1) is 14.7. The summed E-state index contributed by atoms with van der Waals surface area (Å²) < 4.78 is 6.53. The number of hydrogen-bond acceptors (Lipinski definition) is 6. The monoisotopic (exact) mass is 422 g/mol. The summed E-state index contributed by atoms with van der Waals surface area (Å²) in [5, 5.41) is 1.12. The van der Waals surface area contributed by atoms with Gasteiger partial charge in [0.2, 0.25) is 0 Å². The van der Waals surface area contributed by atoms with Gasteiger partial charge in [0, 0.05) is 49.2 Å². The van der Waals surface area contributed by atoms with Gasteiger partial charge in [-0.3, -0.25) is 14.6 Å². The molecule has 7 nitrogen and oxygen atoms in total. The predicted molar refractivity (Wildman–Crippen MR) is 114 cm³/mol. The summed E-state index contributed by atoms with van der Waals surface area (Å²) in [4.78, 5) is 38.9. The normalized spacial score (nSPS) is 19.4. The molecule has 2 aliphatic rings. The number of morpholine rings is 1. The summed E-state index contributed by atoms with van der Waals surface area (Å²) in [6, 6.07) is 8.17. The Bertz CT molecular complexity index is 1080. The predicted octanol–water partition coefficient (Wildman–Crippen LogP) is 2.79. The van der Waals surface area contributed by atoms with E-state index >= 15 is 0 Å². The van der Waals surface area contributed by atoms with Crippen molar-refractivity contribution in [1.82, 2.24) is 19.8 Å². The second-order valence-electron chi connectivity index (χ2n) is 7.57. The van der Waals surface area contributed by atoms with Gasteiger partial charge in [0.05, 0.1) is 24.3 Å². The lowest BCUT2D eigenvalue weighted by atomic mass is 9.94. The molecule has 2 saturated heterocycles. The third-order valence-corrected chi connectivity index (χ3v) is 6.97. The Hall–Kier alpha value is -2.84. The molecule has 0 bridgehead atoms. The summed E-state index contributed by atoms with van der Waals surface area (Å²) >= 11 is 1.56. The third-order valence-electron chi connectivity index (χ3n) is 5.79. The highest BCUT2D eigenvalue weighted by molar-refractivity contribution is 7.21. The summed E-state index contributed by atoms with van der Waals surface area (Å²) in [5.41, 5.74) is 1.44. The fourth-order valence-corrected chi connectivity index (χ4v) is 5.55. The molecule has 1 aromatic carbocycles. The summed E-state index contributed by atoms with van der Waals surface area (Å²) in [7, 11) is 0. The van der Waals surface area contributed by atoms with Crippen LogP contribution < -0.4 is 0 Å². The lowest BCUT2D eigenvalue weighted by Crippen LogP contribution is -2.40. The maximum absolute atomic E-state index is 13.4. The van der Waals surface area contributed by atoms with Crippen molar-refractivity contribution in [3.05, 3.63) is 59.0 Å². The van der Waals surface area contributed by atoms with Crippen LogP contribution >= 0.6 is 11.3 Å². The lowest BCUT2D eigenvalue weighted by Gasteiger charge is -2.27. The van der Waals surface area contributed by atoms with Crippen molar-refractivity contribution in [2.75, 3.05) is 39.4 Å². The van der Waals surface area contributed by atoms with Crippen LogP contribution in [0.4, 0.5) is 0 Å². The lowest BCUT2D eigenvalue weighted by molar-refractivity contribution is 0.0305. The molecule has 8 heteroatoms. The molecule has 0 radical (unpaired) electrons. The smallest absolute Gasteiger partial charge is 0.274 e. The number of carbonyl (C=O) groups excluding carboxylic acids is 2. The van der Waals surface area contributed by atoms with Crippen molar-refractivity contribution in [2.24, 2.45) is 0 Å². The molecule has 1 atom stereocenters. The topological polar surface area (TPSA) is 75.6 Å². The molecule has 0 N–H and O–H groups in total. The van der Waals surface area contributed by atoms with Gasteiger partial charge in [0.15, 0.2) is 0 Å². The Morgan fingerprint density at radius 1 is 1.03 bits per heavy atom. The van der Waals surface area contributed by atoms with E-state index in [0.29, 0.717) is 45.1 Å². The van der Waals surface area contributed by atoms with Crippen molar-refractivity contribution in [2.45, 2.75) is 12.3 Å². The van der Waals surface area contributed by atoms with E-state index in [9.17, 15) is 9.59 Å². The van der Waals surface area contributed by atoms with Crippen LogP contribution in [0.1, 0.15) is 38.1 Å². The Morgan fingerprint density at radius 3 is 2.67 bits per heavy atom. The van der Waals surface area contributed by atoms with Crippen LogP contribution in [-0.2, 0) is 4.74 Å². The Balaban J connectivity index is 1.46. The van der Waals surface area contributed by atoms with Gasteiger partial charge in [0.25, 0.3) is 11.8 Å². The Kier molecular flexibility index (Phi) is 5.18. The molecule has 0 saturated carbocycles. The van der Waals surface area contributed by atoms with Gasteiger partial charge in [-0.1, -0.05) is 18.2 Å². The van der Waals surface area contributed by atoms with Crippen molar-refractivity contribution in [3.63, 3.8) is 0 Å². The largest absolute Gasteiger partial charge is 0.378 e. The molecule has 2 amide bonds. The van der Waals surface area contributed by atoms with Gasteiger partial charge in [0.1, 0.15) is 5.69 Å². The highest BCUT2D eigenvalue weighted by Gasteiger charge is 2.34.